The molecule has 0 aliphatic carbocycles. The number of hydrogen-bond donors (Lipinski definition) is 4. The van der Waals surface area contributed by atoms with Gasteiger partial charge in [0, 0.05) is 50.6 Å². The summed E-state index contributed by atoms with van der Waals surface area (Å²) < 4.78 is 0. The van der Waals surface area contributed by atoms with Gasteiger partial charge >= 0.3 is 5.97 Å². The van der Waals surface area contributed by atoms with Crippen LogP contribution in [-0.2, 0) is 22.4 Å². The fraction of sp³-hybridized carbons (Fsp3) is 0.433. The van der Waals surface area contributed by atoms with Crippen molar-refractivity contribution in [1.82, 2.24) is 25.2 Å². The number of aromatic nitrogens is 3. The Morgan fingerprint density at radius 1 is 1.05 bits per heavy atom. The number of rotatable bonds is 15. The Morgan fingerprint density at radius 2 is 1.90 bits per heavy atom. The maximum Gasteiger partial charge on any atom is 0.326 e. The van der Waals surface area contributed by atoms with E-state index in [1.807, 2.05) is 30.3 Å². The fourth-order valence-corrected chi connectivity index (χ4v) is 4.79. The maximum absolute atomic E-state index is 12.1. The van der Waals surface area contributed by atoms with Crippen LogP contribution in [0.15, 0.2) is 54.7 Å². The molecule has 0 fully saturated rings. The van der Waals surface area contributed by atoms with Crippen molar-refractivity contribution in [2.24, 2.45) is 0 Å². The number of anilines is 2. The van der Waals surface area contributed by atoms with Crippen LogP contribution >= 0.6 is 0 Å². The Bertz CT molecular complexity index is 1260. The molecule has 10 heteroatoms. The van der Waals surface area contributed by atoms with E-state index in [4.69, 9.17) is 4.98 Å². The normalized spacial score (nSPS) is 13.2. The van der Waals surface area contributed by atoms with Crippen LogP contribution in [-0.4, -0.2) is 75.6 Å². The molecule has 40 heavy (non-hydrogen) atoms. The number of pyridine rings is 1. The van der Waals surface area contributed by atoms with Crippen molar-refractivity contribution in [2.45, 2.75) is 51.5 Å². The molecule has 1 atom stereocenters. The van der Waals surface area contributed by atoms with Crippen molar-refractivity contribution < 1.29 is 14.7 Å². The highest BCUT2D eigenvalue weighted by Gasteiger charge is 2.20. The highest BCUT2D eigenvalue weighted by Crippen LogP contribution is 2.20. The topological polar surface area (TPSA) is 132 Å². The molecular formula is C30H39N7O3. The number of aryl methyl sites for hydroxylation is 2. The number of carboxylic acid groups (broad SMARTS) is 1. The number of unbranched alkanes of at least 4 members (excludes halogenated alkanes) is 1. The Hall–Kier alpha value is -4.05. The highest BCUT2D eigenvalue weighted by molar-refractivity contribution is 5.77. The molecule has 3 aromatic rings. The second-order valence-corrected chi connectivity index (χ2v) is 10.1. The van der Waals surface area contributed by atoms with Crippen molar-refractivity contribution in [2.75, 3.05) is 43.4 Å². The number of carbonyl (C=O) groups excluding carboxylic acids is 1. The second-order valence-electron chi connectivity index (χ2n) is 10.1. The zero-order valence-corrected chi connectivity index (χ0v) is 23.1. The Labute approximate surface area is 235 Å². The van der Waals surface area contributed by atoms with Crippen LogP contribution in [0.25, 0.3) is 11.4 Å². The van der Waals surface area contributed by atoms with Gasteiger partial charge in [0.25, 0.3) is 0 Å². The van der Waals surface area contributed by atoms with Gasteiger partial charge in [-0.25, -0.2) is 19.7 Å². The molecule has 1 amide bonds. The maximum atomic E-state index is 12.1. The lowest BCUT2D eigenvalue weighted by Crippen LogP contribution is -2.39. The number of nitrogens with zero attached hydrogens (tertiary/aromatic N) is 4. The zero-order chi connectivity index (χ0) is 28.2. The van der Waals surface area contributed by atoms with Gasteiger partial charge in [-0.2, -0.15) is 0 Å². The van der Waals surface area contributed by atoms with Crippen molar-refractivity contribution in [3.63, 3.8) is 0 Å². The summed E-state index contributed by atoms with van der Waals surface area (Å²) in [7, 11) is 0. The van der Waals surface area contributed by atoms with E-state index in [1.165, 1.54) is 12.5 Å². The van der Waals surface area contributed by atoms with E-state index in [1.54, 1.807) is 12.3 Å². The lowest BCUT2D eigenvalue weighted by molar-refractivity contribution is -0.138. The second kappa shape index (κ2) is 14.9. The number of nitrogens with one attached hydrogen (secondary N) is 3. The summed E-state index contributed by atoms with van der Waals surface area (Å²) >= 11 is 0. The lowest BCUT2D eigenvalue weighted by atomic mass is 10.1. The summed E-state index contributed by atoms with van der Waals surface area (Å²) in [5.41, 5.74) is 3.25. The average molecular weight is 546 g/mol. The minimum atomic E-state index is -0.936. The molecule has 0 saturated carbocycles. The zero-order valence-electron chi connectivity index (χ0n) is 23.1. The molecule has 4 N–H and O–H groups in total. The van der Waals surface area contributed by atoms with Crippen LogP contribution < -0.4 is 16.0 Å². The third kappa shape index (κ3) is 9.01. The Morgan fingerprint density at radius 3 is 2.70 bits per heavy atom. The number of carbonyl (C=O) groups is 2. The summed E-state index contributed by atoms with van der Waals surface area (Å²) in [5, 5.41) is 19.2. The van der Waals surface area contributed by atoms with Crippen LogP contribution in [0.3, 0.4) is 0 Å². The van der Waals surface area contributed by atoms with Crippen LogP contribution in [0.1, 0.15) is 43.9 Å². The van der Waals surface area contributed by atoms with Crippen molar-refractivity contribution in [1.29, 1.82) is 0 Å². The Balaban J connectivity index is 1.30. The van der Waals surface area contributed by atoms with Gasteiger partial charge in [-0.05, 0) is 62.8 Å². The van der Waals surface area contributed by atoms with Gasteiger partial charge in [-0.1, -0.05) is 36.4 Å². The first kappa shape index (κ1) is 28.9. The van der Waals surface area contributed by atoms with Gasteiger partial charge in [0.2, 0.25) is 5.91 Å². The largest absolute Gasteiger partial charge is 0.480 e. The summed E-state index contributed by atoms with van der Waals surface area (Å²) in [6.07, 6.45) is 7.06. The van der Waals surface area contributed by atoms with E-state index in [2.05, 4.69) is 43.0 Å². The van der Waals surface area contributed by atoms with Crippen LogP contribution in [0.2, 0.25) is 0 Å². The number of hydrogen-bond acceptors (Lipinski definition) is 8. The molecule has 1 aliphatic rings. The Kier molecular flexibility index (Phi) is 10.8. The molecule has 0 bridgehead atoms. The van der Waals surface area contributed by atoms with E-state index in [9.17, 15) is 14.7 Å². The number of amides is 1. The van der Waals surface area contributed by atoms with Crippen molar-refractivity contribution in [3.05, 3.63) is 66.0 Å². The molecule has 10 nitrogen and oxygen atoms in total. The number of aliphatic carboxylic acids is 1. The smallest absolute Gasteiger partial charge is 0.326 e. The van der Waals surface area contributed by atoms with Crippen molar-refractivity contribution >= 4 is 23.5 Å². The molecular weight excluding hydrogens is 506 g/mol. The first-order chi connectivity index (χ1) is 19.5. The molecule has 0 radical (unpaired) electrons. The SMILES string of the molecule is CC(=O)NCCN(CCCCc1ccc2c(n1)NCCC2)CC[C@H](Nc1ccnc(-c2ccccc2)n1)C(=O)O. The standard InChI is InChI=1S/C30H39N7O3/c1-22(38)31-18-21-37(19-6-5-11-25-13-12-24-10-7-16-32-28(24)34-25)20-15-26(30(39)40)35-27-14-17-33-29(36-27)23-8-3-2-4-9-23/h2-4,8-9,12-14,17,26H,5-7,10-11,15-16,18-21H2,1H3,(H,31,38)(H,32,34)(H,39,40)(H,33,35,36)/t26-/m0/s1. The van der Waals surface area contributed by atoms with Crippen molar-refractivity contribution in [3.8, 4) is 11.4 Å². The molecule has 3 heterocycles. The average Bonchev–Trinajstić information content (AvgIpc) is 2.97. The molecule has 0 saturated heterocycles. The van der Waals surface area contributed by atoms with E-state index in [-0.39, 0.29) is 5.91 Å². The quantitative estimate of drug-likeness (QED) is 0.211. The predicted molar refractivity (Wildman–Crippen MR) is 156 cm³/mol. The van der Waals surface area contributed by atoms with Gasteiger partial charge < -0.3 is 26.0 Å². The number of carboxylic acids is 1. The van der Waals surface area contributed by atoms with Crippen LogP contribution in [0, 0.1) is 0 Å². The van der Waals surface area contributed by atoms with Gasteiger partial charge in [-0.15, -0.1) is 0 Å². The predicted octanol–water partition coefficient (Wildman–Crippen LogP) is 3.61. The molecule has 2 aromatic heterocycles. The number of fused-ring (bicyclic) bond motifs is 1. The van der Waals surface area contributed by atoms with Crippen LogP contribution in [0.5, 0.6) is 0 Å². The van der Waals surface area contributed by atoms with Crippen LogP contribution in [0.4, 0.5) is 11.6 Å². The molecule has 212 valence electrons. The van der Waals surface area contributed by atoms with Gasteiger partial charge in [0.1, 0.15) is 17.7 Å². The lowest BCUT2D eigenvalue weighted by Gasteiger charge is -2.24. The minimum Gasteiger partial charge on any atom is -0.480 e. The third-order valence-corrected chi connectivity index (χ3v) is 6.95. The number of benzene rings is 1. The minimum absolute atomic E-state index is 0.0740. The summed E-state index contributed by atoms with van der Waals surface area (Å²) in [5.74, 6) is 1.02. The third-order valence-electron chi connectivity index (χ3n) is 6.95. The highest BCUT2D eigenvalue weighted by atomic mass is 16.4. The molecule has 0 unspecified atom stereocenters. The van der Waals surface area contributed by atoms with E-state index in [0.717, 1.165) is 62.3 Å². The monoisotopic (exact) mass is 545 g/mol. The van der Waals surface area contributed by atoms with Gasteiger partial charge in [0.05, 0.1) is 0 Å². The molecule has 4 rings (SSSR count). The fourth-order valence-electron chi connectivity index (χ4n) is 4.79. The summed E-state index contributed by atoms with van der Waals surface area (Å²) in [6, 6.07) is 14.8. The van der Waals surface area contributed by atoms with Gasteiger partial charge in [0.15, 0.2) is 5.82 Å². The van der Waals surface area contributed by atoms with E-state index in [0.29, 0.717) is 37.7 Å². The first-order valence-corrected chi connectivity index (χ1v) is 14.0. The van der Waals surface area contributed by atoms with E-state index >= 15 is 0 Å². The van der Waals surface area contributed by atoms with E-state index < -0.39 is 12.0 Å². The van der Waals surface area contributed by atoms with Gasteiger partial charge in [-0.3, -0.25) is 4.79 Å². The summed E-state index contributed by atoms with van der Waals surface area (Å²) in [6.45, 7) is 5.02. The first-order valence-electron chi connectivity index (χ1n) is 14.0. The molecule has 1 aromatic carbocycles. The summed E-state index contributed by atoms with van der Waals surface area (Å²) in [4.78, 5) is 39.3. The molecule has 1 aliphatic heterocycles. The molecule has 0 spiro atoms.